The Kier molecular flexibility index (Phi) is 5.69. The van der Waals surface area contributed by atoms with Gasteiger partial charge in [0.05, 0.1) is 17.7 Å². The Morgan fingerprint density at radius 1 is 0.833 bits per heavy atom. The average Bonchev–Trinajstić information content (AvgIpc) is 2.80. The molecule has 1 fully saturated rings. The van der Waals surface area contributed by atoms with E-state index in [1.54, 1.807) is 31.4 Å². The summed E-state index contributed by atoms with van der Waals surface area (Å²) in [7, 11) is -1.97. The Morgan fingerprint density at radius 3 is 2.07 bits per heavy atom. The minimum Gasteiger partial charge on any atom is -0.497 e. The molecule has 0 N–H and O–H groups in total. The van der Waals surface area contributed by atoms with E-state index < -0.39 is 10.0 Å². The van der Waals surface area contributed by atoms with E-state index in [4.69, 9.17) is 4.74 Å². The fourth-order valence-electron chi connectivity index (χ4n) is 3.43. The molecule has 1 aliphatic heterocycles. The van der Waals surface area contributed by atoms with Crippen molar-refractivity contribution < 1.29 is 13.2 Å². The molecule has 0 amide bonds. The molecule has 0 atom stereocenters. The van der Waals surface area contributed by atoms with Gasteiger partial charge < -0.3 is 9.64 Å². The highest BCUT2D eigenvalue weighted by molar-refractivity contribution is 7.89. The van der Waals surface area contributed by atoms with Gasteiger partial charge in [0.2, 0.25) is 10.0 Å². The van der Waals surface area contributed by atoms with Crippen LogP contribution in [0.5, 0.6) is 5.75 Å². The summed E-state index contributed by atoms with van der Waals surface area (Å²) in [6.07, 6.45) is 0. The smallest absolute Gasteiger partial charge is 0.243 e. The lowest BCUT2D eigenvalue weighted by Gasteiger charge is -2.34. The fraction of sp³-hybridized carbons (Fsp3) is 0.273. The van der Waals surface area contributed by atoms with E-state index in [-0.39, 0.29) is 4.90 Å². The average molecular weight is 425 g/mol. The first-order valence-electron chi connectivity index (χ1n) is 9.77. The van der Waals surface area contributed by atoms with Crippen LogP contribution in [0.3, 0.4) is 0 Å². The topological polar surface area (TPSA) is 75.6 Å². The van der Waals surface area contributed by atoms with Crippen LogP contribution >= 0.6 is 0 Å². The number of ether oxygens (including phenoxy) is 1. The van der Waals surface area contributed by atoms with Crippen LogP contribution in [-0.2, 0) is 10.0 Å². The third-order valence-electron chi connectivity index (χ3n) is 5.26. The molecule has 3 aromatic rings. The number of piperazine rings is 1. The molecular formula is C22H24N4O3S. The van der Waals surface area contributed by atoms with E-state index in [9.17, 15) is 8.42 Å². The number of benzene rings is 2. The molecule has 2 heterocycles. The van der Waals surface area contributed by atoms with Gasteiger partial charge in [-0.05, 0) is 43.3 Å². The number of sulfonamides is 1. The van der Waals surface area contributed by atoms with Crippen LogP contribution in [0.2, 0.25) is 0 Å². The first-order chi connectivity index (χ1) is 14.5. The van der Waals surface area contributed by atoms with Crippen molar-refractivity contribution in [3.63, 3.8) is 0 Å². The summed E-state index contributed by atoms with van der Waals surface area (Å²) in [5.74, 6) is 1.39. The molecule has 0 unspecified atom stereocenters. The quantitative estimate of drug-likeness (QED) is 0.627. The maximum atomic E-state index is 12.9. The van der Waals surface area contributed by atoms with Crippen molar-refractivity contribution in [2.75, 3.05) is 38.2 Å². The number of nitrogens with zero attached hydrogens (tertiary/aromatic N) is 4. The Bertz CT molecular complexity index is 1090. The first kappa shape index (κ1) is 20.3. The van der Waals surface area contributed by atoms with Crippen molar-refractivity contribution in [1.82, 2.24) is 14.5 Å². The first-order valence-corrected chi connectivity index (χ1v) is 11.2. The summed E-state index contributed by atoms with van der Waals surface area (Å²) < 4.78 is 32.4. The predicted octanol–water partition coefficient (Wildman–Crippen LogP) is 2.97. The number of aryl methyl sites for hydroxylation is 1. The molecular weight excluding hydrogens is 400 g/mol. The van der Waals surface area contributed by atoms with Crippen LogP contribution in [0.1, 0.15) is 5.56 Å². The van der Waals surface area contributed by atoms with Crippen LogP contribution in [-0.4, -0.2) is 56.2 Å². The van der Waals surface area contributed by atoms with Gasteiger partial charge in [0.25, 0.3) is 0 Å². The van der Waals surface area contributed by atoms with Gasteiger partial charge in [0.1, 0.15) is 5.75 Å². The van der Waals surface area contributed by atoms with Gasteiger partial charge in [0.15, 0.2) is 5.82 Å². The Balaban J connectivity index is 1.42. The summed E-state index contributed by atoms with van der Waals surface area (Å²) in [6.45, 7) is 3.97. The van der Waals surface area contributed by atoms with Crippen LogP contribution < -0.4 is 9.64 Å². The van der Waals surface area contributed by atoms with E-state index in [1.807, 2.05) is 43.3 Å². The highest BCUT2D eigenvalue weighted by Gasteiger charge is 2.29. The lowest BCUT2D eigenvalue weighted by Crippen LogP contribution is -2.48. The number of hydrogen-bond acceptors (Lipinski definition) is 6. The number of methoxy groups -OCH3 is 1. The zero-order valence-electron chi connectivity index (χ0n) is 17.0. The fourth-order valence-corrected chi connectivity index (χ4v) is 4.85. The standard InChI is InChI=1S/C22H24N4O3S/c1-17-3-5-18(6-4-17)21-11-12-22(24-23-21)25-13-15-26(16-14-25)30(27,28)20-9-7-19(29-2)8-10-20/h3-12H,13-16H2,1-2H3. The minimum atomic E-state index is -3.52. The van der Waals surface area contributed by atoms with E-state index in [0.29, 0.717) is 31.9 Å². The molecule has 156 valence electrons. The van der Waals surface area contributed by atoms with Gasteiger partial charge in [-0.15, -0.1) is 10.2 Å². The van der Waals surface area contributed by atoms with E-state index in [1.165, 1.54) is 9.87 Å². The predicted molar refractivity (Wildman–Crippen MR) is 116 cm³/mol. The molecule has 30 heavy (non-hydrogen) atoms. The van der Waals surface area contributed by atoms with Crippen molar-refractivity contribution in [2.24, 2.45) is 0 Å². The molecule has 1 saturated heterocycles. The molecule has 0 spiro atoms. The Hall–Kier alpha value is -2.97. The molecule has 1 aromatic heterocycles. The summed E-state index contributed by atoms with van der Waals surface area (Å²) in [4.78, 5) is 2.34. The molecule has 0 saturated carbocycles. The Labute approximate surface area is 177 Å². The van der Waals surface area contributed by atoms with E-state index in [2.05, 4.69) is 15.1 Å². The van der Waals surface area contributed by atoms with Crippen molar-refractivity contribution in [3.8, 4) is 17.0 Å². The number of rotatable bonds is 5. The third kappa shape index (κ3) is 4.15. The monoisotopic (exact) mass is 424 g/mol. The van der Waals surface area contributed by atoms with Gasteiger partial charge in [-0.2, -0.15) is 4.31 Å². The third-order valence-corrected chi connectivity index (χ3v) is 7.17. The zero-order chi connectivity index (χ0) is 21.1. The summed E-state index contributed by atoms with van der Waals surface area (Å²) in [5.41, 5.74) is 3.04. The van der Waals surface area contributed by atoms with Gasteiger partial charge in [-0.25, -0.2) is 8.42 Å². The molecule has 0 bridgehead atoms. The highest BCUT2D eigenvalue weighted by atomic mass is 32.2. The maximum absolute atomic E-state index is 12.9. The van der Waals surface area contributed by atoms with Crippen molar-refractivity contribution in [2.45, 2.75) is 11.8 Å². The molecule has 8 heteroatoms. The Morgan fingerprint density at radius 2 is 1.50 bits per heavy atom. The van der Waals surface area contributed by atoms with E-state index >= 15 is 0 Å². The zero-order valence-corrected chi connectivity index (χ0v) is 17.8. The molecule has 2 aromatic carbocycles. The minimum absolute atomic E-state index is 0.277. The van der Waals surface area contributed by atoms with Crippen LogP contribution in [0.4, 0.5) is 5.82 Å². The lowest BCUT2D eigenvalue weighted by atomic mass is 10.1. The van der Waals surface area contributed by atoms with Crippen LogP contribution in [0, 0.1) is 6.92 Å². The van der Waals surface area contributed by atoms with Crippen LogP contribution in [0.15, 0.2) is 65.6 Å². The van der Waals surface area contributed by atoms with Gasteiger partial charge in [-0.1, -0.05) is 29.8 Å². The molecule has 0 radical (unpaired) electrons. The van der Waals surface area contributed by atoms with Crippen molar-refractivity contribution >= 4 is 15.8 Å². The van der Waals surface area contributed by atoms with E-state index in [0.717, 1.165) is 17.1 Å². The maximum Gasteiger partial charge on any atom is 0.243 e. The molecule has 0 aliphatic carbocycles. The summed E-state index contributed by atoms with van der Waals surface area (Å²) in [6, 6.07) is 18.5. The van der Waals surface area contributed by atoms with Gasteiger partial charge in [0, 0.05) is 31.7 Å². The number of hydrogen-bond donors (Lipinski definition) is 0. The normalized spacial score (nSPS) is 15.2. The highest BCUT2D eigenvalue weighted by Crippen LogP contribution is 2.23. The van der Waals surface area contributed by atoms with Crippen LogP contribution in [0.25, 0.3) is 11.3 Å². The molecule has 7 nitrogen and oxygen atoms in total. The second kappa shape index (κ2) is 8.41. The second-order valence-electron chi connectivity index (χ2n) is 7.21. The largest absolute Gasteiger partial charge is 0.497 e. The lowest BCUT2D eigenvalue weighted by molar-refractivity contribution is 0.383. The second-order valence-corrected chi connectivity index (χ2v) is 9.15. The molecule has 4 rings (SSSR count). The molecule has 1 aliphatic rings. The van der Waals surface area contributed by atoms with Gasteiger partial charge >= 0.3 is 0 Å². The number of aromatic nitrogens is 2. The summed E-state index contributed by atoms with van der Waals surface area (Å²) in [5, 5.41) is 8.71. The SMILES string of the molecule is COc1ccc(S(=O)(=O)N2CCN(c3ccc(-c4ccc(C)cc4)nn3)CC2)cc1. The van der Waals surface area contributed by atoms with Gasteiger partial charge in [-0.3, -0.25) is 0 Å². The summed E-state index contributed by atoms with van der Waals surface area (Å²) >= 11 is 0. The van der Waals surface area contributed by atoms with Crippen molar-refractivity contribution in [1.29, 1.82) is 0 Å². The van der Waals surface area contributed by atoms with Crippen molar-refractivity contribution in [3.05, 3.63) is 66.2 Å². The number of anilines is 1.